The van der Waals surface area contributed by atoms with Crippen molar-refractivity contribution in [2.24, 2.45) is 0 Å². The highest BCUT2D eigenvalue weighted by Crippen LogP contribution is 2.26. The number of rotatable bonds is 5. The zero-order valence-corrected chi connectivity index (χ0v) is 9.61. The highest BCUT2D eigenvalue weighted by molar-refractivity contribution is 6.31. The molecule has 1 aromatic carbocycles. The van der Waals surface area contributed by atoms with Crippen LogP contribution in [0.5, 0.6) is 0 Å². The van der Waals surface area contributed by atoms with Crippen LogP contribution in [0.15, 0.2) is 24.3 Å². The summed E-state index contributed by atoms with van der Waals surface area (Å²) in [6, 6.07) is 7.18. The second-order valence-corrected chi connectivity index (χ2v) is 4.12. The molecule has 0 aliphatic carbocycles. The second-order valence-electron chi connectivity index (χ2n) is 3.72. The Bertz CT molecular complexity index is 301. The van der Waals surface area contributed by atoms with Crippen molar-refractivity contribution < 1.29 is 10.2 Å². The number of hydrogen-bond acceptors (Lipinski definition) is 2. The van der Waals surface area contributed by atoms with Crippen molar-refractivity contribution >= 4 is 11.6 Å². The third kappa shape index (κ3) is 3.82. The molecule has 0 aliphatic rings. The lowest BCUT2D eigenvalue weighted by Crippen LogP contribution is -2.12. The lowest BCUT2D eigenvalue weighted by Gasteiger charge is -2.16. The topological polar surface area (TPSA) is 40.5 Å². The fourth-order valence-corrected chi connectivity index (χ4v) is 1.84. The van der Waals surface area contributed by atoms with Crippen molar-refractivity contribution in [1.29, 1.82) is 0 Å². The number of benzene rings is 1. The van der Waals surface area contributed by atoms with Crippen LogP contribution in [0.3, 0.4) is 0 Å². The molecular formula is C12H17ClO2. The summed E-state index contributed by atoms with van der Waals surface area (Å²) in [6.07, 6.45) is 0.830. The van der Waals surface area contributed by atoms with E-state index in [-0.39, 0.29) is 0 Å². The summed E-state index contributed by atoms with van der Waals surface area (Å²) >= 11 is 5.94. The van der Waals surface area contributed by atoms with Gasteiger partial charge in [-0.3, -0.25) is 0 Å². The maximum Gasteiger partial charge on any atom is 0.0829 e. The van der Waals surface area contributed by atoms with Gasteiger partial charge in [-0.1, -0.05) is 43.1 Å². The standard InChI is InChI=1S/C12H17ClO2/c1-2-5-9(14)8-12(15)10-6-3-4-7-11(10)13/h3-4,6-7,9,12,14-15H,2,5,8H2,1H3/t9-,12-/m0/s1. The molecule has 3 heteroatoms. The van der Waals surface area contributed by atoms with Gasteiger partial charge < -0.3 is 10.2 Å². The molecule has 0 bridgehead atoms. The highest BCUT2D eigenvalue weighted by atomic mass is 35.5. The van der Waals surface area contributed by atoms with Crippen LogP contribution in [0, 0.1) is 0 Å². The molecule has 1 aromatic rings. The summed E-state index contributed by atoms with van der Waals surface area (Å²) in [5.41, 5.74) is 0.689. The number of aliphatic hydroxyl groups is 2. The van der Waals surface area contributed by atoms with E-state index in [4.69, 9.17) is 11.6 Å². The Morgan fingerprint density at radius 3 is 2.53 bits per heavy atom. The fraction of sp³-hybridized carbons (Fsp3) is 0.500. The largest absolute Gasteiger partial charge is 0.393 e. The van der Waals surface area contributed by atoms with Crippen molar-refractivity contribution in [3.05, 3.63) is 34.9 Å². The molecule has 0 saturated carbocycles. The lowest BCUT2D eigenvalue weighted by atomic mass is 10.0. The third-order valence-electron chi connectivity index (χ3n) is 2.38. The van der Waals surface area contributed by atoms with Crippen LogP contribution in [-0.2, 0) is 0 Å². The van der Waals surface area contributed by atoms with Crippen molar-refractivity contribution in [3.63, 3.8) is 0 Å². The van der Waals surface area contributed by atoms with Crippen LogP contribution < -0.4 is 0 Å². The van der Waals surface area contributed by atoms with Gasteiger partial charge in [0.05, 0.1) is 12.2 Å². The van der Waals surface area contributed by atoms with Crippen LogP contribution >= 0.6 is 11.6 Å². The first-order chi connectivity index (χ1) is 7.15. The SMILES string of the molecule is CCC[C@H](O)C[C@H](O)c1ccccc1Cl. The molecule has 0 aliphatic heterocycles. The van der Waals surface area contributed by atoms with E-state index >= 15 is 0 Å². The molecule has 2 atom stereocenters. The molecule has 0 radical (unpaired) electrons. The summed E-state index contributed by atoms with van der Waals surface area (Å²) in [7, 11) is 0. The van der Waals surface area contributed by atoms with E-state index in [1.165, 1.54) is 0 Å². The van der Waals surface area contributed by atoms with E-state index in [9.17, 15) is 10.2 Å². The number of aliphatic hydroxyl groups excluding tert-OH is 2. The zero-order chi connectivity index (χ0) is 11.3. The Labute approximate surface area is 95.5 Å². The fourth-order valence-electron chi connectivity index (χ4n) is 1.58. The molecular weight excluding hydrogens is 212 g/mol. The maximum atomic E-state index is 9.85. The quantitative estimate of drug-likeness (QED) is 0.814. The molecule has 2 N–H and O–H groups in total. The van der Waals surface area contributed by atoms with Crippen molar-refractivity contribution in [2.45, 2.75) is 38.4 Å². The first-order valence-corrected chi connectivity index (χ1v) is 5.63. The normalized spacial score (nSPS) is 14.9. The van der Waals surface area contributed by atoms with E-state index in [0.717, 1.165) is 6.42 Å². The van der Waals surface area contributed by atoms with Gasteiger partial charge in [-0.25, -0.2) is 0 Å². The van der Waals surface area contributed by atoms with Gasteiger partial charge in [0.15, 0.2) is 0 Å². The Balaban J connectivity index is 2.61. The van der Waals surface area contributed by atoms with Crippen molar-refractivity contribution in [3.8, 4) is 0 Å². The van der Waals surface area contributed by atoms with Gasteiger partial charge in [0.2, 0.25) is 0 Å². The molecule has 0 unspecified atom stereocenters. The summed E-state index contributed by atoms with van der Waals surface area (Å²) in [6.45, 7) is 2.01. The first-order valence-electron chi connectivity index (χ1n) is 5.25. The summed E-state index contributed by atoms with van der Waals surface area (Å²) in [5, 5.41) is 20.0. The van der Waals surface area contributed by atoms with Gasteiger partial charge in [-0.15, -0.1) is 0 Å². The molecule has 1 rings (SSSR count). The summed E-state index contributed by atoms with van der Waals surface area (Å²) in [4.78, 5) is 0. The molecule has 0 fully saturated rings. The first kappa shape index (κ1) is 12.5. The van der Waals surface area contributed by atoms with Crippen LogP contribution in [0.2, 0.25) is 5.02 Å². The molecule has 0 saturated heterocycles. The molecule has 0 heterocycles. The summed E-state index contributed by atoms with van der Waals surface area (Å²) in [5.74, 6) is 0. The molecule has 2 nitrogen and oxygen atoms in total. The van der Waals surface area contributed by atoms with E-state index in [0.29, 0.717) is 23.4 Å². The highest BCUT2D eigenvalue weighted by Gasteiger charge is 2.15. The minimum absolute atomic E-state index is 0.345. The smallest absolute Gasteiger partial charge is 0.0829 e. The Morgan fingerprint density at radius 1 is 1.27 bits per heavy atom. The number of halogens is 1. The predicted molar refractivity (Wildman–Crippen MR) is 61.9 cm³/mol. The Kier molecular flexibility index (Phi) is 5.09. The van der Waals surface area contributed by atoms with Gasteiger partial charge in [0, 0.05) is 11.4 Å². The van der Waals surface area contributed by atoms with Crippen molar-refractivity contribution in [1.82, 2.24) is 0 Å². The molecule has 15 heavy (non-hydrogen) atoms. The van der Waals surface area contributed by atoms with Crippen molar-refractivity contribution in [2.75, 3.05) is 0 Å². The molecule has 0 amide bonds. The second kappa shape index (κ2) is 6.11. The van der Waals surface area contributed by atoms with E-state index in [2.05, 4.69) is 0 Å². The molecule has 0 aromatic heterocycles. The molecule has 0 spiro atoms. The van der Waals surface area contributed by atoms with Gasteiger partial charge >= 0.3 is 0 Å². The molecule has 84 valence electrons. The maximum absolute atomic E-state index is 9.85. The van der Waals surface area contributed by atoms with E-state index in [1.807, 2.05) is 19.1 Å². The zero-order valence-electron chi connectivity index (χ0n) is 8.86. The third-order valence-corrected chi connectivity index (χ3v) is 2.73. The van der Waals surface area contributed by atoms with Gasteiger partial charge in [0.1, 0.15) is 0 Å². The number of hydrogen-bond donors (Lipinski definition) is 2. The average molecular weight is 229 g/mol. The predicted octanol–water partition coefficient (Wildman–Crippen LogP) is 2.92. The van der Waals surface area contributed by atoms with Crippen LogP contribution in [0.25, 0.3) is 0 Å². The Morgan fingerprint density at radius 2 is 1.93 bits per heavy atom. The minimum atomic E-state index is -0.680. The lowest BCUT2D eigenvalue weighted by molar-refractivity contribution is 0.0752. The minimum Gasteiger partial charge on any atom is -0.393 e. The van der Waals surface area contributed by atoms with Gasteiger partial charge in [-0.2, -0.15) is 0 Å². The van der Waals surface area contributed by atoms with Crippen LogP contribution in [0.1, 0.15) is 37.9 Å². The van der Waals surface area contributed by atoms with E-state index in [1.54, 1.807) is 12.1 Å². The summed E-state index contributed by atoms with van der Waals surface area (Å²) < 4.78 is 0. The Hall–Kier alpha value is -0.570. The monoisotopic (exact) mass is 228 g/mol. The van der Waals surface area contributed by atoms with E-state index < -0.39 is 12.2 Å². The van der Waals surface area contributed by atoms with Crippen LogP contribution in [0.4, 0.5) is 0 Å². The average Bonchev–Trinajstić information content (AvgIpc) is 2.18. The van der Waals surface area contributed by atoms with Crippen LogP contribution in [-0.4, -0.2) is 16.3 Å². The van der Waals surface area contributed by atoms with Gasteiger partial charge in [-0.05, 0) is 18.1 Å². The van der Waals surface area contributed by atoms with Gasteiger partial charge in [0.25, 0.3) is 0 Å².